The Morgan fingerprint density at radius 2 is 2.33 bits per heavy atom. The Morgan fingerprint density at radius 3 is 2.81 bits per heavy atom. The van der Waals surface area contributed by atoms with Gasteiger partial charge in [-0.15, -0.1) is 6.58 Å². The van der Waals surface area contributed by atoms with E-state index in [2.05, 4.69) is 16.6 Å². The third-order valence-corrected chi connectivity index (χ3v) is 2.79. The number of nitro benzene ring substituents is 1. The molecule has 1 rings (SSSR count). The van der Waals surface area contributed by atoms with Crippen molar-refractivity contribution >= 4 is 23.0 Å². The van der Waals surface area contributed by atoms with E-state index in [0.29, 0.717) is 6.42 Å². The van der Waals surface area contributed by atoms with Crippen molar-refractivity contribution in [1.82, 2.24) is 0 Å². The zero-order valence-electron chi connectivity index (χ0n) is 11.5. The number of benzene rings is 1. The van der Waals surface area contributed by atoms with Crippen LogP contribution in [0.2, 0.25) is 0 Å². The van der Waals surface area contributed by atoms with Crippen LogP contribution in [0, 0.1) is 10.1 Å². The number of anilines is 2. The first kappa shape index (κ1) is 16.4. The largest absolute Gasteiger partial charge is 0.465 e. The first-order chi connectivity index (χ1) is 9.94. The van der Waals surface area contributed by atoms with E-state index in [4.69, 9.17) is 5.73 Å². The number of ether oxygens (including phenoxy) is 1. The zero-order chi connectivity index (χ0) is 16.0. The second-order valence-electron chi connectivity index (χ2n) is 4.26. The number of hydrogen-bond acceptors (Lipinski definition) is 7. The summed E-state index contributed by atoms with van der Waals surface area (Å²) in [6.45, 7) is 3.29. The molecule has 1 aromatic carbocycles. The Balaban J connectivity index is 3.27. The molecular formula is C13H17N3O5. The standard InChI is InChI=1S/C13H17N3O5/c1-3-4-9(7-17)15-12-10(14)5-8(13(18)21-2)6-11(12)16(19)20/h3,5-6,9,15,17H,1,4,7,14H2,2H3/t9-/m0/s1. The number of nitrogens with zero attached hydrogens (tertiary/aromatic N) is 1. The van der Waals surface area contributed by atoms with E-state index in [1.807, 2.05) is 0 Å². The normalized spacial score (nSPS) is 11.5. The average Bonchev–Trinajstić information content (AvgIpc) is 2.46. The molecule has 0 fully saturated rings. The topological polar surface area (TPSA) is 128 Å². The lowest BCUT2D eigenvalue weighted by molar-refractivity contribution is -0.383. The van der Waals surface area contributed by atoms with Gasteiger partial charge in [0.25, 0.3) is 5.69 Å². The van der Waals surface area contributed by atoms with Crippen molar-refractivity contribution in [2.45, 2.75) is 12.5 Å². The van der Waals surface area contributed by atoms with Gasteiger partial charge in [0, 0.05) is 6.07 Å². The van der Waals surface area contributed by atoms with Crippen molar-refractivity contribution in [2.75, 3.05) is 24.8 Å². The fourth-order valence-electron chi connectivity index (χ4n) is 1.77. The smallest absolute Gasteiger partial charge is 0.338 e. The number of esters is 1. The summed E-state index contributed by atoms with van der Waals surface area (Å²) in [5, 5.41) is 23.2. The molecule has 8 nitrogen and oxygen atoms in total. The highest BCUT2D eigenvalue weighted by Crippen LogP contribution is 2.33. The lowest BCUT2D eigenvalue weighted by Crippen LogP contribution is -2.24. The number of aliphatic hydroxyl groups is 1. The zero-order valence-corrected chi connectivity index (χ0v) is 11.5. The van der Waals surface area contributed by atoms with Crippen molar-refractivity contribution < 1.29 is 19.6 Å². The van der Waals surface area contributed by atoms with Crippen LogP contribution in [0.4, 0.5) is 17.1 Å². The summed E-state index contributed by atoms with van der Waals surface area (Å²) in [7, 11) is 1.17. The predicted octanol–water partition coefficient (Wildman–Crippen LogP) is 1.31. The van der Waals surface area contributed by atoms with Gasteiger partial charge in [-0.3, -0.25) is 10.1 Å². The van der Waals surface area contributed by atoms with E-state index in [1.165, 1.54) is 13.2 Å². The number of aliphatic hydroxyl groups excluding tert-OH is 1. The quantitative estimate of drug-likeness (QED) is 0.227. The highest BCUT2D eigenvalue weighted by molar-refractivity contribution is 5.94. The van der Waals surface area contributed by atoms with Gasteiger partial charge in [0.2, 0.25) is 0 Å². The molecule has 8 heteroatoms. The fourth-order valence-corrected chi connectivity index (χ4v) is 1.77. The Bertz CT molecular complexity index is 559. The molecule has 0 saturated carbocycles. The summed E-state index contributed by atoms with van der Waals surface area (Å²) in [5.74, 6) is -0.721. The minimum absolute atomic E-state index is 0.0171. The van der Waals surface area contributed by atoms with Crippen LogP contribution in [0.5, 0.6) is 0 Å². The van der Waals surface area contributed by atoms with Gasteiger partial charge in [-0.25, -0.2) is 4.79 Å². The van der Waals surface area contributed by atoms with E-state index in [0.717, 1.165) is 6.07 Å². The maximum Gasteiger partial charge on any atom is 0.338 e. The number of rotatable bonds is 7. The van der Waals surface area contributed by atoms with Crippen LogP contribution in [-0.2, 0) is 4.74 Å². The van der Waals surface area contributed by atoms with Crippen molar-refractivity contribution in [3.63, 3.8) is 0 Å². The molecule has 0 radical (unpaired) electrons. The molecule has 0 saturated heterocycles. The minimum atomic E-state index is -0.721. The molecule has 0 aliphatic carbocycles. The van der Waals surface area contributed by atoms with Crippen molar-refractivity contribution in [3.05, 3.63) is 40.5 Å². The third kappa shape index (κ3) is 3.93. The SMILES string of the molecule is C=CC[C@@H](CO)Nc1c(N)cc(C(=O)OC)cc1[N+](=O)[O-]. The molecule has 4 N–H and O–H groups in total. The molecule has 0 amide bonds. The van der Waals surface area contributed by atoms with Gasteiger partial charge >= 0.3 is 5.97 Å². The number of nitro groups is 1. The molecule has 0 spiro atoms. The van der Waals surface area contributed by atoms with Gasteiger partial charge in [0.15, 0.2) is 0 Å². The summed E-state index contributed by atoms with van der Waals surface area (Å²) in [6.07, 6.45) is 1.96. The number of nitrogens with two attached hydrogens (primary N) is 1. The summed E-state index contributed by atoms with van der Waals surface area (Å²) < 4.78 is 4.52. The summed E-state index contributed by atoms with van der Waals surface area (Å²) >= 11 is 0. The Morgan fingerprint density at radius 1 is 1.67 bits per heavy atom. The number of carbonyl (C=O) groups is 1. The summed E-state index contributed by atoms with van der Waals surface area (Å²) in [5.41, 5.74) is 5.46. The highest BCUT2D eigenvalue weighted by Gasteiger charge is 2.23. The molecular weight excluding hydrogens is 278 g/mol. The Hall–Kier alpha value is -2.61. The van der Waals surface area contributed by atoms with E-state index in [1.54, 1.807) is 6.08 Å². The van der Waals surface area contributed by atoms with E-state index in [9.17, 15) is 20.0 Å². The number of methoxy groups -OCH3 is 1. The molecule has 1 aromatic rings. The van der Waals surface area contributed by atoms with Crippen molar-refractivity contribution in [1.29, 1.82) is 0 Å². The second-order valence-corrected chi connectivity index (χ2v) is 4.26. The van der Waals surface area contributed by atoms with Gasteiger partial charge in [-0.1, -0.05) is 6.08 Å². The van der Waals surface area contributed by atoms with Crippen molar-refractivity contribution in [3.8, 4) is 0 Å². The summed E-state index contributed by atoms with van der Waals surface area (Å²) in [6, 6.07) is 1.89. The molecule has 0 aliphatic rings. The maximum atomic E-state index is 11.5. The molecule has 0 heterocycles. The first-order valence-corrected chi connectivity index (χ1v) is 6.09. The fraction of sp³-hybridized carbons (Fsp3) is 0.308. The maximum absolute atomic E-state index is 11.5. The van der Waals surface area contributed by atoms with Gasteiger partial charge < -0.3 is 20.9 Å². The Kier molecular flexibility index (Phi) is 5.67. The van der Waals surface area contributed by atoms with Crippen LogP contribution in [0.25, 0.3) is 0 Å². The average molecular weight is 295 g/mol. The second kappa shape index (κ2) is 7.25. The van der Waals surface area contributed by atoms with Gasteiger partial charge in [-0.05, 0) is 12.5 Å². The minimum Gasteiger partial charge on any atom is -0.465 e. The van der Waals surface area contributed by atoms with E-state index < -0.39 is 16.9 Å². The Labute approximate surface area is 121 Å². The molecule has 0 bridgehead atoms. The highest BCUT2D eigenvalue weighted by atomic mass is 16.6. The third-order valence-electron chi connectivity index (χ3n) is 2.79. The van der Waals surface area contributed by atoms with Crippen LogP contribution in [0.15, 0.2) is 24.8 Å². The number of carbonyl (C=O) groups excluding carboxylic acids is 1. The monoisotopic (exact) mass is 295 g/mol. The lowest BCUT2D eigenvalue weighted by atomic mass is 10.1. The van der Waals surface area contributed by atoms with Crippen LogP contribution < -0.4 is 11.1 Å². The van der Waals surface area contributed by atoms with Crippen LogP contribution in [-0.4, -0.2) is 35.8 Å². The lowest BCUT2D eigenvalue weighted by Gasteiger charge is -2.17. The van der Waals surface area contributed by atoms with E-state index >= 15 is 0 Å². The molecule has 1 atom stereocenters. The predicted molar refractivity (Wildman–Crippen MR) is 78.2 cm³/mol. The van der Waals surface area contributed by atoms with Crippen LogP contribution in [0.3, 0.4) is 0 Å². The molecule has 21 heavy (non-hydrogen) atoms. The first-order valence-electron chi connectivity index (χ1n) is 6.09. The van der Waals surface area contributed by atoms with Gasteiger partial charge in [0.05, 0.1) is 35.9 Å². The number of hydrogen-bond donors (Lipinski definition) is 3. The van der Waals surface area contributed by atoms with Gasteiger partial charge in [0.1, 0.15) is 5.69 Å². The molecule has 114 valence electrons. The molecule has 0 aromatic heterocycles. The van der Waals surface area contributed by atoms with Crippen molar-refractivity contribution in [2.24, 2.45) is 0 Å². The number of nitrogen functional groups attached to an aromatic ring is 1. The number of nitrogens with one attached hydrogen (secondary N) is 1. The van der Waals surface area contributed by atoms with Gasteiger partial charge in [-0.2, -0.15) is 0 Å². The molecule has 0 unspecified atom stereocenters. The molecule has 0 aliphatic heterocycles. The van der Waals surface area contributed by atoms with E-state index in [-0.39, 0.29) is 29.2 Å². The van der Waals surface area contributed by atoms with Crippen LogP contribution in [0.1, 0.15) is 16.8 Å². The van der Waals surface area contributed by atoms with Crippen LogP contribution >= 0.6 is 0 Å². The summed E-state index contributed by atoms with van der Waals surface area (Å²) in [4.78, 5) is 21.9.